The molecule has 3 nitrogen and oxygen atoms in total. The molecule has 1 saturated heterocycles. The maximum absolute atomic E-state index is 11.1. The van der Waals surface area contributed by atoms with Gasteiger partial charge in [0.1, 0.15) is 6.61 Å². The zero-order valence-electron chi connectivity index (χ0n) is 8.52. The molecule has 2 rings (SSSR count). The number of carbonyl (C=O) groups excluding carboxylic acids is 1. The lowest BCUT2D eigenvalue weighted by atomic mass is 9.92. The molecule has 0 amide bonds. The minimum absolute atomic E-state index is 0.157. The molecule has 0 aliphatic carbocycles. The van der Waals surface area contributed by atoms with Crippen LogP contribution < -0.4 is 0 Å². The molecule has 1 fully saturated rings. The number of ether oxygens (including phenoxy) is 1. The second-order valence-corrected chi connectivity index (χ2v) is 4.10. The van der Waals surface area contributed by atoms with Gasteiger partial charge >= 0.3 is 5.97 Å². The lowest BCUT2D eigenvalue weighted by Crippen LogP contribution is -2.14. The van der Waals surface area contributed by atoms with E-state index in [2.05, 4.69) is 6.58 Å². The normalized spacial score (nSPS) is 22.0. The summed E-state index contributed by atoms with van der Waals surface area (Å²) in [5, 5.41) is 10.6. The number of rotatable bonds is 2. The molecule has 0 bridgehead atoms. The van der Waals surface area contributed by atoms with Gasteiger partial charge in [-0.05, 0) is 11.6 Å². The van der Waals surface area contributed by atoms with E-state index >= 15 is 0 Å². The van der Waals surface area contributed by atoms with Crippen LogP contribution in [0.15, 0.2) is 36.4 Å². The van der Waals surface area contributed by atoms with Crippen molar-refractivity contribution >= 4 is 17.6 Å². The van der Waals surface area contributed by atoms with E-state index in [-0.39, 0.29) is 6.61 Å². The molecule has 0 radical (unpaired) electrons. The third-order valence-electron chi connectivity index (χ3n) is 2.71. The van der Waals surface area contributed by atoms with Crippen LogP contribution in [0.25, 0.3) is 0 Å². The molecule has 1 heterocycles. The molecule has 0 saturated carbocycles. The lowest BCUT2D eigenvalue weighted by Gasteiger charge is -2.17. The van der Waals surface area contributed by atoms with Gasteiger partial charge in [-0.2, -0.15) is 0 Å². The number of cyclic esters (lactones) is 1. The van der Waals surface area contributed by atoms with Crippen molar-refractivity contribution in [2.45, 2.75) is 6.10 Å². The van der Waals surface area contributed by atoms with Gasteiger partial charge in [-0.25, -0.2) is 4.79 Å². The highest BCUT2D eigenvalue weighted by molar-refractivity contribution is 6.31. The van der Waals surface area contributed by atoms with E-state index in [1.54, 1.807) is 24.3 Å². The minimum Gasteiger partial charge on any atom is -0.462 e. The molecule has 4 heteroatoms. The van der Waals surface area contributed by atoms with Crippen LogP contribution in [0.2, 0.25) is 5.02 Å². The maximum atomic E-state index is 11.1. The predicted molar refractivity (Wildman–Crippen MR) is 60.0 cm³/mol. The minimum atomic E-state index is -0.854. The Morgan fingerprint density at radius 2 is 2.19 bits per heavy atom. The number of aliphatic hydroxyl groups excluding tert-OH is 1. The van der Waals surface area contributed by atoms with Crippen molar-refractivity contribution in [3.63, 3.8) is 0 Å². The molecule has 1 aromatic carbocycles. The standard InChI is InChI=1S/C12H11ClO3/c1-7-9(6-16-12(7)15)11(14)8-4-2-3-5-10(8)13/h2-5,9,11,14H,1,6H2/t9-,11+/m1/s1. The molecule has 1 aliphatic heterocycles. The summed E-state index contributed by atoms with van der Waals surface area (Å²) in [4.78, 5) is 11.1. The van der Waals surface area contributed by atoms with Crippen LogP contribution in [0.3, 0.4) is 0 Å². The maximum Gasteiger partial charge on any atom is 0.333 e. The fraction of sp³-hybridized carbons (Fsp3) is 0.250. The fourth-order valence-electron chi connectivity index (χ4n) is 1.72. The van der Waals surface area contributed by atoms with Crippen molar-refractivity contribution in [2.75, 3.05) is 6.61 Å². The molecular weight excluding hydrogens is 228 g/mol. The van der Waals surface area contributed by atoms with E-state index in [1.807, 2.05) is 0 Å². The fourth-order valence-corrected chi connectivity index (χ4v) is 1.97. The molecule has 0 spiro atoms. The van der Waals surface area contributed by atoms with Crippen LogP contribution in [0.4, 0.5) is 0 Å². The van der Waals surface area contributed by atoms with E-state index in [0.29, 0.717) is 16.2 Å². The molecule has 1 N–H and O–H groups in total. The van der Waals surface area contributed by atoms with E-state index in [0.717, 1.165) is 0 Å². The van der Waals surface area contributed by atoms with Gasteiger partial charge in [-0.15, -0.1) is 0 Å². The lowest BCUT2D eigenvalue weighted by molar-refractivity contribution is -0.135. The summed E-state index contributed by atoms with van der Waals surface area (Å²) in [5.74, 6) is -0.858. The summed E-state index contributed by atoms with van der Waals surface area (Å²) in [7, 11) is 0. The first-order valence-electron chi connectivity index (χ1n) is 4.89. The van der Waals surface area contributed by atoms with Crippen LogP contribution in [0, 0.1) is 5.92 Å². The van der Waals surface area contributed by atoms with Crippen LogP contribution in [-0.2, 0) is 9.53 Å². The smallest absolute Gasteiger partial charge is 0.333 e. The van der Waals surface area contributed by atoms with Crippen LogP contribution in [-0.4, -0.2) is 17.7 Å². The van der Waals surface area contributed by atoms with Gasteiger partial charge in [0.2, 0.25) is 0 Å². The zero-order chi connectivity index (χ0) is 11.7. The molecule has 84 valence electrons. The summed E-state index contributed by atoms with van der Waals surface area (Å²) in [6, 6.07) is 6.98. The Kier molecular flexibility index (Phi) is 2.99. The number of esters is 1. The molecule has 1 aliphatic rings. The number of benzene rings is 1. The SMILES string of the molecule is C=C1C(=O)OC[C@H]1[C@@H](O)c1ccccc1Cl. The first-order chi connectivity index (χ1) is 7.61. The first-order valence-corrected chi connectivity index (χ1v) is 5.27. The van der Waals surface area contributed by atoms with Crippen LogP contribution in [0.1, 0.15) is 11.7 Å². The topological polar surface area (TPSA) is 46.5 Å². The third-order valence-corrected chi connectivity index (χ3v) is 3.05. The Bertz CT molecular complexity index is 442. The van der Waals surface area contributed by atoms with Gasteiger partial charge in [0.15, 0.2) is 0 Å². The van der Waals surface area contributed by atoms with Gasteiger partial charge in [0.25, 0.3) is 0 Å². The average Bonchev–Trinajstić information content (AvgIpc) is 2.60. The van der Waals surface area contributed by atoms with Crippen molar-refractivity contribution in [3.05, 3.63) is 47.0 Å². The Balaban J connectivity index is 2.26. The Labute approximate surface area is 98.3 Å². The Morgan fingerprint density at radius 1 is 1.50 bits per heavy atom. The van der Waals surface area contributed by atoms with Crippen molar-refractivity contribution in [1.82, 2.24) is 0 Å². The number of hydrogen-bond acceptors (Lipinski definition) is 3. The molecule has 2 atom stereocenters. The van der Waals surface area contributed by atoms with Gasteiger partial charge in [-0.1, -0.05) is 36.4 Å². The number of aliphatic hydroxyl groups is 1. The largest absolute Gasteiger partial charge is 0.462 e. The van der Waals surface area contributed by atoms with Crippen molar-refractivity contribution in [3.8, 4) is 0 Å². The quantitative estimate of drug-likeness (QED) is 0.634. The third kappa shape index (κ3) is 1.84. The monoisotopic (exact) mass is 238 g/mol. The highest BCUT2D eigenvalue weighted by Crippen LogP contribution is 2.35. The van der Waals surface area contributed by atoms with Gasteiger partial charge in [-0.3, -0.25) is 0 Å². The number of hydrogen-bond donors (Lipinski definition) is 1. The van der Waals surface area contributed by atoms with E-state index < -0.39 is 18.0 Å². The van der Waals surface area contributed by atoms with Crippen LogP contribution in [0.5, 0.6) is 0 Å². The molecule has 0 aromatic heterocycles. The highest BCUT2D eigenvalue weighted by Gasteiger charge is 2.35. The second kappa shape index (κ2) is 4.28. The van der Waals surface area contributed by atoms with Crippen LogP contribution >= 0.6 is 11.6 Å². The molecular formula is C12H11ClO3. The average molecular weight is 239 g/mol. The summed E-state index contributed by atoms with van der Waals surface area (Å²) >= 11 is 5.97. The molecule has 1 aromatic rings. The van der Waals surface area contributed by atoms with Crippen molar-refractivity contribution in [2.24, 2.45) is 5.92 Å². The first kappa shape index (κ1) is 11.2. The van der Waals surface area contributed by atoms with Gasteiger partial charge in [0.05, 0.1) is 12.0 Å². The summed E-state index contributed by atoms with van der Waals surface area (Å²) < 4.78 is 4.82. The molecule has 0 unspecified atom stereocenters. The predicted octanol–water partition coefficient (Wildman–Crippen LogP) is 2.10. The van der Waals surface area contributed by atoms with E-state index in [9.17, 15) is 9.90 Å². The Hall–Kier alpha value is -1.32. The van der Waals surface area contributed by atoms with Crippen molar-refractivity contribution in [1.29, 1.82) is 0 Å². The summed E-state index contributed by atoms with van der Waals surface area (Å²) in [6.45, 7) is 3.77. The van der Waals surface area contributed by atoms with Gasteiger partial charge < -0.3 is 9.84 Å². The number of halogens is 1. The molecule has 16 heavy (non-hydrogen) atoms. The van der Waals surface area contributed by atoms with E-state index in [1.165, 1.54) is 0 Å². The Morgan fingerprint density at radius 3 is 2.75 bits per heavy atom. The highest BCUT2D eigenvalue weighted by atomic mass is 35.5. The van der Waals surface area contributed by atoms with Crippen molar-refractivity contribution < 1.29 is 14.6 Å². The van der Waals surface area contributed by atoms with E-state index in [4.69, 9.17) is 16.3 Å². The summed E-state index contributed by atoms with van der Waals surface area (Å²) in [6.07, 6.45) is -0.854. The second-order valence-electron chi connectivity index (χ2n) is 3.70. The van der Waals surface area contributed by atoms with Gasteiger partial charge in [0, 0.05) is 10.6 Å². The summed E-state index contributed by atoms with van der Waals surface area (Å²) in [5.41, 5.74) is 0.890. The number of carbonyl (C=O) groups is 1. The zero-order valence-corrected chi connectivity index (χ0v) is 9.28.